The van der Waals surface area contributed by atoms with Crippen molar-refractivity contribution in [1.29, 1.82) is 0 Å². The van der Waals surface area contributed by atoms with Gasteiger partial charge in [-0.25, -0.2) is 9.78 Å². The zero-order chi connectivity index (χ0) is 15.4. The lowest BCUT2D eigenvalue weighted by Crippen LogP contribution is -2.21. The topological polar surface area (TPSA) is 127 Å². The van der Waals surface area contributed by atoms with Gasteiger partial charge in [-0.1, -0.05) is 6.07 Å². The minimum atomic E-state index is -1.18. The Labute approximate surface area is 122 Å². The summed E-state index contributed by atoms with van der Waals surface area (Å²) in [6.45, 7) is 0. The van der Waals surface area contributed by atoms with Crippen LogP contribution >= 0.6 is 11.3 Å². The zero-order valence-electron chi connectivity index (χ0n) is 10.7. The maximum atomic E-state index is 11.3. The van der Waals surface area contributed by atoms with E-state index in [0.717, 1.165) is 6.33 Å². The van der Waals surface area contributed by atoms with Crippen molar-refractivity contribution >= 4 is 28.8 Å². The summed E-state index contributed by atoms with van der Waals surface area (Å²) in [7, 11) is 1.23. The van der Waals surface area contributed by atoms with Crippen LogP contribution in [0.25, 0.3) is 0 Å². The van der Waals surface area contributed by atoms with Gasteiger partial charge in [-0.2, -0.15) is 4.98 Å². The van der Waals surface area contributed by atoms with E-state index in [4.69, 9.17) is 4.74 Å². The van der Waals surface area contributed by atoms with E-state index in [1.165, 1.54) is 18.4 Å². The molecule has 0 aliphatic heterocycles. The Morgan fingerprint density at radius 3 is 2.86 bits per heavy atom. The van der Waals surface area contributed by atoms with Crippen molar-refractivity contribution in [3.05, 3.63) is 38.8 Å². The minimum absolute atomic E-state index is 0.215. The average molecular weight is 310 g/mol. The van der Waals surface area contributed by atoms with Crippen molar-refractivity contribution in [3.8, 4) is 5.88 Å². The van der Waals surface area contributed by atoms with Crippen molar-refractivity contribution in [3.63, 3.8) is 0 Å². The Hall–Kier alpha value is -2.75. The van der Waals surface area contributed by atoms with Crippen LogP contribution in [0.5, 0.6) is 5.88 Å². The summed E-state index contributed by atoms with van der Waals surface area (Å²) in [5, 5.41) is 24.6. The van der Waals surface area contributed by atoms with Crippen LogP contribution in [0.3, 0.4) is 0 Å². The van der Waals surface area contributed by atoms with Crippen molar-refractivity contribution in [2.75, 3.05) is 12.4 Å². The molecule has 0 aromatic carbocycles. The predicted octanol–water partition coefficient (Wildman–Crippen LogP) is 1.69. The molecule has 2 aromatic heterocycles. The number of carbonyl (C=O) groups is 1. The van der Waals surface area contributed by atoms with E-state index in [2.05, 4.69) is 15.3 Å². The molecule has 10 heteroatoms. The number of carboxylic acids is 1. The molecular formula is C11H10N4O5S. The summed E-state index contributed by atoms with van der Waals surface area (Å²) < 4.78 is 4.80. The highest BCUT2D eigenvalue weighted by atomic mass is 32.1. The summed E-state index contributed by atoms with van der Waals surface area (Å²) in [6.07, 6.45) is 1.06. The number of hydrogen-bond acceptors (Lipinski definition) is 8. The molecule has 2 heterocycles. The van der Waals surface area contributed by atoms with E-state index < -0.39 is 22.6 Å². The third-order valence-electron chi connectivity index (χ3n) is 2.52. The van der Waals surface area contributed by atoms with Gasteiger partial charge in [-0.05, 0) is 11.4 Å². The molecule has 0 bridgehead atoms. The molecule has 1 atom stereocenters. The van der Waals surface area contributed by atoms with Crippen LogP contribution in [-0.2, 0) is 4.79 Å². The van der Waals surface area contributed by atoms with Gasteiger partial charge >= 0.3 is 11.7 Å². The molecule has 0 aliphatic rings. The molecule has 0 saturated heterocycles. The number of ether oxygens (including phenoxy) is 1. The molecule has 2 rings (SSSR count). The first-order valence-electron chi connectivity index (χ1n) is 5.60. The second-order valence-electron chi connectivity index (χ2n) is 3.77. The Kier molecular flexibility index (Phi) is 4.28. The number of nitrogens with zero attached hydrogens (tertiary/aromatic N) is 3. The van der Waals surface area contributed by atoms with Gasteiger partial charge in [0.05, 0.1) is 12.0 Å². The van der Waals surface area contributed by atoms with E-state index in [1.54, 1.807) is 17.5 Å². The largest absolute Gasteiger partial charge is 0.479 e. The summed E-state index contributed by atoms with van der Waals surface area (Å²) in [5.41, 5.74) is -0.511. The van der Waals surface area contributed by atoms with Gasteiger partial charge < -0.3 is 15.2 Å². The fourth-order valence-corrected chi connectivity index (χ4v) is 2.40. The highest BCUT2D eigenvalue weighted by Crippen LogP contribution is 2.33. The fraction of sp³-hybridized carbons (Fsp3) is 0.182. The SMILES string of the molecule is COc1ncnc(NC(C(=O)O)c2cccs2)c1[N+](=O)[O-]. The van der Waals surface area contributed by atoms with Crippen LogP contribution in [0.4, 0.5) is 11.5 Å². The van der Waals surface area contributed by atoms with Gasteiger partial charge in [0.15, 0.2) is 6.04 Å². The maximum Gasteiger partial charge on any atom is 0.372 e. The van der Waals surface area contributed by atoms with Crippen LogP contribution in [0.15, 0.2) is 23.8 Å². The Morgan fingerprint density at radius 1 is 1.57 bits per heavy atom. The number of aromatic nitrogens is 2. The third kappa shape index (κ3) is 3.05. The van der Waals surface area contributed by atoms with Crippen molar-refractivity contribution in [2.45, 2.75) is 6.04 Å². The van der Waals surface area contributed by atoms with Gasteiger partial charge in [0.25, 0.3) is 5.88 Å². The molecule has 0 amide bonds. The molecule has 0 fully saturated rings. The minimum Gasteiger partial charge on any atom is -0.479 e. The number of nitro groups is 1. The molecule has 2 N–H and O–H groups in total. The van der Waals surface area contributed by atoms with Crippen LogP contribution in [-0.4, -0.2) is 33.1 Å². The number of aliphatic carboxylic acids is 1. The lowest BCUT2D eigenvalue weighted by molar-refractivity contribution is -0.385. The van der Waals surface area contributed by atoms with Gasteiger partial charge in [0, 0.05) is 4.88 Å². The molecule has 2 aromatic rings. The van der Waals surface area contributed by atoms with E-state index in [0.29, 0.717) is 4.88 Å². The predicted molar refractivity (Wildman–Crippen MR) is 73.6 cm³/mol. The van der Waals surface area contributed by atoms with Crippen LogP contribution in [0.1, 0.15) is 10.9 Å². The molecule has 0 spiro atoms. The van der Waals surface area contributed by atoms with Crippen molar-refractivity contribution < 1.29 is 19.6 Å². The lowest BCUT2D eigenvalue weighted by Gasteiger charge is -2.13. The Balaban J connectivity index is 2.42. The van der Waals surface area contributed by atoms with Crippen molar-refractivity contribution in [2.24, 2.45) is 0 Å². The number of hydrogen-bond donors (Lipinski definition) is 2. The summed E-state index contributed by atoms with van der Waals surface area (Å²) >= 11 is 1.21. The van der Waals surface area contributed by atoms with Gasteiger partial charge in [-0.15, -0.1) is 11.3 Å². The third-order valence-corrected chi connectivity index (χ3v) is 3.46. The number of carboxylic acid groups (broad SMARTS) is 1. The maximum absolute atomic E-state index is 11.3. The summed E-state index contributed by atoms with van der Waals surface area (Å²) in [4.78, 5) is 29.6. The summed E-state index contributed by atoms with van der Waals surface area (Å²) in [6, 6.07) is 2.15. The molecule has 0 radical (unpaired) electrons. The molecular weight excluding hydrogens is 300 g/mol. The molecule has 21 heavy (non-hydrogen) atoms. The average Bonchev–Trinajstić information content (AvgIpc) is 2.97. The number of rotatable bonds is 6. The molecule has 1 unspecified atom stereocenters. The standard InChI is InChI=1S/C11H10N4O5S/c1-20-10-8(15(18)19)9(12-5-13-10)14-7(11(16)17)6-3-2-4-21-6/h2-5,7H,1H3,(H,16,17)(H,12,13,14). The van der Waals surface area contributed by atoms with Crippen LogP contribution in [0.2, 0.25) is 0 Å². The Morgan fingerprint density at radius 2 is 2.33 bits per heavy atom. The van der Waals surface area contributed by atoms with E-state index in [-0.39, 0.29) is 11.7 Å². The number of methoxy groups -OCH3 is 1. The van der Waals surface area contributed by atoms with Gasteiger partial charge in [-0.3, -0.25) is 10.1 Å². The molecule has 9 nitrogen and oxygen atoms in total. The quantitative estimate of drug-likeness (QED) is 0.609. The Bertz CT molecular complexity index is 661. The van der Waals surface area contributed by atoms with E-state index >= 15 is 0 Å². The van der Waals surface area contributed by atoms with Crippen LogP contribution < -0.4 is 10.1 Å². The smallest absolute Gasteiger partial charge is 0.372 e. The monoisotopic (exact) mass is 310 g/mol. The highest BCUT2D eigenvalue weighted by Gasteiger charge is 2.29. The van der Waals surface area contributed by atoms with Crippen LogP contribution in [0, 0.1) is 10.1 Å². The number of thiophene rings is 1. The van der Waals surface area contributed by atoms with E-state index in [9.17, 15) is 20.0 Å². The van der Waals surface area contributed by atoms with Gasteiger partial charge in [0.1, 0.15) is 6.33 Å². The second-order valence-corrected chi connectivity index (χ2v) is 4.75. The second kappa shape index (κ2) is 6.13. The zero-order valence-corrected chi connectivity index (χ0v) is 11.5. The first-order valence-corrected chi connectivity index (χ1v) is 6.48. The van der Waals surface area contributed by atoms with E-state index in [1.807, 2.05) is 0 Å². The number of anilines is 1. The fourth-order valence-electron chi connectivity index (χ4n) is 1.63. The first kappa shape index (κ1) is 14.7. The normalized spacial score (nSPS) is 11.7. The lowest BCUT2D eigenvalue weighted by atomic mass is 10.2. The first-order chi connectivity index (χ1) is 10.0. The van der Waals surface area contributed by atoms with Crippen molar-refractivity contribution in [1.82, 2.24) is 9.97 Å². The summed E-state index contributed by atoms with van der Waals surface area (Å²) in [5.74, 6) is -1.63. The van der Waals surface area contributed by atoms with Gasteiger partial charge in [0.2, 0.25) is 5.82 Å². The highest BCUT2D eigenvalue weighted by molar-refractivity contribution is 7.10. The molecule has 0 saturated carbocycles. The molecule has 110 valence electrons. The number of nitrogens with one attached hydrogen (secondary N) is 1. The molecule has 0 aliphatic carbocycles.